The minimum Gasteiger partial charge on any atom is -0.493 e. The molecule has 0 heterocycles. The number of anilines is 1. The van der Waals surface area contributed by atoms with Gasteiger partial charge < -0.3 is 14.8 Å². The third kappa shape index (κ3) is 5.48. The van der Waals surface area contributed by atoms with Crippen LogP contribution in [0.25, 0.3) is 0 Å². The maximum atomic E-state index is 13.7. The van der Waals surface area contributed by atoms with Crippen LogP contribution in [-0.4, -0.2) is 50.4 Å². The van der Waals surface area contributed by atoms with Crippen molar-refractivity contribution in [3.05, 3.63) is 52.1 Å². The number of hydrogen-bond donors (Lipinski definition) is 1. The van der Waals surface area contributed by atoms with E-state index >= 15 is 0 Å². The second-order valence-corrected chi connectivity index (χ2v) is 10.0. The van der Waals surface area contributed by atoms with Gasteiger partial charge in [-0.05, 0) is 38.0 Å². The quantitative estimate of drug-likeness (QED) is 0.416. The molecule has 2 aromatic rings. The van der Waals surface area contributed by atoms with Crippen molar-refractivity contribution in [1.29, 1.82) is 0 Å². The summed E-state index contributed by atoms with van der Waals surface area (Å²) in [5, 5.41) is 13.9. The van der Waals surface area contributed by atoms with Gasteiger partial charge in [0.2, 0.25) is 15.9 Å². The molecule has 1 aliphatic carbocycles. The fraction of sp³-hybridized carbons (Fsp3) is 0.435. The number of carbonyl (C=O) groups is 1. The Morgan fingerprint density at radius 3 is 2.41 bits per heavy atom. The van der Waals surface area contributed by atoms with Crippen LogP contribution >= 0.6 is 0 Å². The van der Waals surface area contributed by atoms with Crippen molar-refractivity contribution in [2.24, 2.45) is 0 Å². The molecule has 1 aliphatic rings. The molecule has 0 atom stereocenters. The largest absolute Gasteiger partial charge is 0.493 e. The van der Waals surface area contributed by atoms with Crippen LogP contribution in [0.1, 0.15) is 37.7 Å². The minimum atomic E-state index is -4.05. The molecule has 0 aliphatic heterocycles. The Kier molecular flexibility index (Phi) is 8.11. The first kappa shape index (κ1) is 25.4. The molecule has 1 saturated carbocycles. The summed E-state index contributed by atoms with van der Waals surface area (Å²) in [6, 6.07) is 8.36. The maximum absolute atomic E-state index is 13.7. The van der Waals surface area contributed by atoms with Gasteiger partial charge in [-0.3, -0.25) is 14.9 Å². The zero-order valence-electron chi connectivity index (χ0n) is 19.4. The Bertz CT molecular complexity index is 1160. The van der Waals surface area contributed by atoms with Gasteiger partial charge in [-0.15, -0.1) is 0 Å². The summed E-state index contributed by atoms with van der Waals surface area (Å²) in [5.74, 6) is 0.0895. The van der Waals surface area contributed by atoms with Crippen LogP contribution in [0, 0.1) is 17.0 Å². The summed E-state index contributed by atoms with van der Waals surface area (Å²) < 4.78 is 39.0. The van der Waals surface area contributed by atoms with Crippen LogP contribution in [0.3, 0.4) is 0 Å². The highest BCUT2D eigenvalue weighted by atomic mass is 32.2. The molecule has 1 amide bonds. The van der Waals surface area contributed by atoms with Gasteiger partial charge in [0.15, 0.2) is 11.5 Å². The van der Waals surface area contributed by atoms with E-state index in [1.807, 2.05) is 0 Å². The third-order valence-corrected chi connectivity index (χ3v) is 7.91. The van der Waals surface area contributed by atoms with E-state index in [4.69, 9.17) is 9.47 Å². The lowest BCUT2D eigenvalue weighted by molar-refractivity contribution is -0.385. The molecule has 11 heteroatoms. The average Bonchev–Trinajstić information content (AvgIpc) is 2.83. The molecule has 10 nitrogen and oxygen atoms in total. The second kappa shape index (κ2) is 10.8. The Balaban J connectivity index is 1.92. The van der Waals surface area contributed by atoms with Gasteiger partial charge in [-0.2, -0.15) is 4.31 Å². The van der Waals surface area contributed by atoms with Gasteiger partial charge in [-0.1, -0.05) is 25.3 Å². The van der Waals surface area contributed by atoms with E-state index in [0.717, 1.165) is 19.3 Å². The summed E-state index contributed by atoms with van der Waals surface area (Å²) in [7, 11) is -1.17. The Morgan fingerprint density at radius 2 is 1.79 bits per heavy atom. The molecule has 0 saturated heterocycles. The predicted octanol–water partition coefficient (Wildman–Crippen LogP) is 3.88. The summed E-state index contributed by atoms with van der Waals surface area (Å²) in [4.78, 5) is 23.7. The van der Waals surface area contributed by atoms with Crippen molar-refractivity contribution in [3.8, 4) is 11.5 Å². The minimum absolute atomic E-state index is 0.00458. The van der Waals surface area contributed by atoms with Gasteiger partial charge in [0, 0.05) is 18.2 Å². The Hall–Kier alpha value is -3.18. The fourth-order valence-corrected chi connectivity index (χ4v) is 5.84. The highest BCUT2D eigenvalue weighted by molar-refractivity contribution is 7.89. The molecule has 2 aromatic carbocycles. The standard InChI is InChI=1S/C23H29N3O7S/c1-16-19(10-7-11-20(16)26(28)29)24-23(27)15-25(17-8-5-4-6-9-17)34(30,31)18-12-13-21(32-2)22(14-18)33-3/h7,10-14,17H,4-6,8-9,15H2,1-3H3,(H,24,27). The van der Waals surface area contributed by atoms with Crippen LogP contribution in [-0.2, 0) is 14.8 Å². The van der Waals surface area contributed by atoms with E-state index in [1.165, 1.54) is 55.8 Å². The topological polar surface area (TPSA) is 128 Å². The lowest BCUT2D eigenvalue weighted by atomic mass is 9.95. The van der Waals surface area contributed by atoms with Gasteiger partial charge >= 0.3 is 0 Å². The monoisotopic (exact) mass is 491 g/mol. The van der Waals surface area contributed by atoms with E-state index in [2.05, 4.69) is 5.32 Å². The number of carbonyl (C=O) groups excluding carboxylic acids is 1. The van der Waals surface area contributed by atoms with Crippen molar-refractivity contribution < 1.29 is 27.6 Å². The van der Waals surface area contributed by atoms with Crippen molar-refractivity contribution in [2.75, 3.05) is 26.1 Å². The normalized spacial score (nSPS) is 14.6. The van der Waals surface area contributed by atoms with Crippen LogP contribution in [0.5, 0.6) is 11.5 Å². The number of benzene rings is 2. The van der Waals surface area contributed by atoms with E-state index in [-0.39, 0.29) is 28.1 Å². The number of sulfonamides is 1. The van der Waals surface area contributed by atoms with Crippen LogP contribution in [0.4, 0.5) is 11.4 Å². The molecule has 0 radical (unpaired) electrons. The predicted molar refractivity (Wildman–Crippen MR) is 127 cm³/mol. The first-order valence-electron chi connectivity index (χ1n) is 11.0. The lowest BCUT2D eigenvalue weighted by Gasteiger charge is -2.33. The van der Waals surface area contributed by atoms with E-state index < -0.39 is 27.4 Å². The zero-order valence-corrected chi connectivity index (χ0v) is 20.3. The molecule has 0 bridgehead atoms. The molecule has 184 valence electrons. The van der Waals surface area contributed by atoms with Gasteiger partial charge in [0.05, 0.1) is 41.8 Å². The van der Waals surface area contributed by atoms with E-state index in [1.54, 1.807) is 6.07 Å². The molecule has 3 rings (SSSR count). The smallest absolute Gasteiger partial charge is 0.274 e. The van der Waals surface area contributed by atoms with Gasteiger partial charge in [0.1, 0.15) is 0 Å². The summed E-state index contributed by atoms with van der Waals surface area (Å²) in [5.41, 5.74) is 0.444. The molecule has 0 spiro atoms. The Labute approximate surface area is 199 Å². The van der Waals surface area contributed by atoms with Crippen molar-refractivity contribution in [2.45, 2.75) is 50.0 Å². The number of nitrogens with zero attached hydrogens (tertiary/aromatic N) is 2. The SMILES string of the molecule is COc1ccc(S(=O)(=O)N(CC(=O)Nc2cccc([N+](=O)[O-])c2C)C2CCCCC2)cc1OC. The number of ether oxygens (including phenoxy) is 2. The highest BCUT2D eigenvalue weighted by Crippen LogP contribution is 2.33. The summed E-state index contributed by atoms with van der Waals surface area (Å²) in [6.45, 7) is 1.12. The third-order valence-electron chi connectivity index (χ3n) is 6.02. The van der Waals surface area contributed by atoms with Crippen molar-refractivity contribution in [1.82, 2.24) is 4.31 Å². The second-order valence-electron chi connectivity index (χ2n) is 8.11. The van der Waals surface area contributed by atoms with Crippen LogP contribution < -0.4 is 14.8 Å². The molecule has 0 aromatic heterocycles. The molecule has 34 heavy (non-hydrogen) atoms. The van der Waals surface area contributed by atoms with Crippen LogP contribution in [0.15, 0.2) is 41.3 Å². The molecular weight excluding hydrogens is 462 g/mol. The van der Waals surface area contributed by atoms with Crippen molar-refractivity contribution >= 4 is 27.3 Å². The fourth-order valence-electron chi connectivity index (χ4n) is 4.18. The first-order chi connectivity index (χ1) is 16.2. The summed E-state index contributed by atoms with van der Waals surface area (Å²) >= 11 is 0. The number of nitro benzene ring substituents is 1. The summed E-state index contributed by atoms with van der Waals surface area (Å²) in [6.07, 6.45) is 4.05. The average molecular weight is 492 g/mol. The number of methoxy groups -OCH3 is 2. The van der Waals surface area contributed by atoms with E-state index in [9.17, 15) is 23.3 Å². The maximum Gasteiger partial charge on any atom is 0.274 e. The molecule has 1 N–H and O–H groups in total. The first-order valence-corrected chi connectivity index (χ1v) is 12.4. The molecule has 1 fully saturated rings. The number of hydrogen-bond acceptors (Lipinski definition) is 7. The molecular formula is C23H29N3O7S. The van der Waals surface area contributed by atoms with Gasteiger partial charge in [0.25, 0.3) is 5.69 Å². The number of amides is 1. The van der Waals surface area contributed by atoms with Crippen LogP contribution in [0.2, 0.25) is 0 Å². The van der Waals surface area contributed by atoms with Crippen molar-refractivity contribution in [3.63, 3.8) is 0 Å². The number of nitrogens with one attached hydrogen (secondary N) is 1. The number of nitro groups is 1. The lowest BCUT2D eigenvalue weighted by Crippen LogP contribution is -2.45. The van der Waals surface area contributed by atoms with Gasteiger partial charge in [-0.25, -0.2) is 8.42 Å². The van der Waals surface area contributed by atoms with E-state index in [0.29, 0.717) is 24.2 Å². The zero-order chi connectivity index (χ0) is 24.9. The molecule has 0 unspecified atom stereocenters. The highest BCUT2D eigenvalue weighted by Gasteiger charge is 2.34. The Morgan fingerprint density at radius 1 is 1.12 bits per heavy atom. The number of rotatable bonds is 9.